The molecule has 0 atom stereocenters. The maximum absolute atomic E-state index is 10.5. The summed E-state index contributed by atoms with van der Waals surface area (Å²) in [6, 6.07) is 5.21. The Kier molecular flexibility index (Phi) is 4.19. The van der Waals surface area contributed by atoms with Crippen LogP contribution >= 0.6 is 0 Å². The van der Waals surface area contributed by atoms with Crippen LogP contribution < -0.4 is 9.47 Å². The van der Waals surface area contributed by atoms with Crippen molar-refractivity contribution in [2.45, 2.75) is 12.8 Å². The summed E-state index contributed by atoms with van der Waals surface area (Å²) in [7, 11) is 3.09. The van der Waals surface area contributed by atoms with E-state index in [-0.39, 0.29) is 18.7 Å². The van der Waals surface area contributed by atoms with Gasteiger partial charge in [-0.25, -0.2) is 0 Å². The van der Waals surface area contributed by atoms with Gasteiger partial charge in [0.25, 0.3) is 0 Å². The van der Waals surface area contributed by atoms with E-state index in [1.54, 1.807) is 25.3 Å². The van der Waals surface area contributed by atoms with Gasteiger partial charge in [-0.1, -0.05) is 0 Å². The number of hydrogen-bond acceptors (Lipinski definition) is 6. The Bertz CT molecular complexity index is 609. The third-order valence-electron chi connectivity index (χ3n) is 2.65. The fourth-order valence-electron chi connectivity index (χ4n) is 1.65. The maximum Gasteiger partial charge on any atom is 0.303 e. The first-order valence-electron chi connectivity index (χ1n) is 5.90. The van der Waals surface area contributed by atoms with Gasteiger partial charge in [-0.2, -0.15) is 0 Å². The van der Waals surface area contributed by atoms with Crippen molar-refractivity contribution in [3.05, 3.63) is 24.1 Å². The van der Waals surface area contributed by atoms with Gasteiger partial charge < -0.3 is 19.0 Å². The second kappa shape index (κ2) is 6.05. The van der Waals surface area contributed by atoms with Crippen LogP contribution in [-0.4, -0.2) is 35.5 Å². The van der Waals surface area contributed by atoms with Gasteiger partial charge >= 0.3 is 5.97 Å². The summed E-state index contributed by atoms with van der Waals surface area (Å²) in [5.41, 5.74) is 0.678. The molecule has 1 aromatic carbocycles. The lowest BCUT2D eigenvalue weighted by Gasteiger charge is -2.07. The number of aryl methyl sites for hydroxylation is 1. The summed E-state index contributed by atoms with van der Waals surface area (Å²) < 4.78 is 15.7. The van der Waals surface area contributed by atoms with E-state index in [0.717, 1.165) is 0 Å². The second-order valence-corrected chi connectivity index (χ2v) is 3.96. The molecule has 0 aliphatic heterocycles. The van der Waals surface area contributed by atoms with E-state index in [4.69, 9.17) is 19.0 Å². The zero-order valence-corrected chi connectivity index (χ0v) is 11.1. The number of carbonyl (C=O) groups is 1. The number of carboxylic acid groups (broad SMARTS) is 1. The number of benzene rings is 1. The Morgan fingerprint density at radius 2 is 2.00 bits per heavy atom. The van der Waals surface area contributed by atoms with Crippen LogP contribution in [0, 0.1) is 0 Å². The smallest absolute Gasteiger partial charge is 0.303 e. The molecular formula is C13H14N2O5. The number of methoxy groups -OCH3 is 2. The van der Waals surface area contributed by atoms with Gasteiger partial charge in [0.2, 0.25) is 11.8 Å². The Morgan fingerprint density at radius 3 is 2.65 bits per heavy atom. The minimum absolute atomic E-state index is 0.0480. The number of aromatic nitrogens is 2. The van der Waals surface area contributed by atoms with Crippen LogP contribution in [0.2, 0.25) is 0 Å². The molecule has 7 nitrogen and oxygen atoms in total. The largest absolute Gasteiger partial charge is 0.493 e. The molecule has 0 aliphatic carbocycles. The lowest BCUT2D eigenvalue weighted by Crippen LogP contribution is -1.97. The van der Waals surface area contributed by atoms with Crippen molar-refractivity contribution in [1.29, 1.82) is 0 Å². The highest BCUT2D eigenvalue weighted by Gasteiger charge is 2.12. The average Bonchev–Trinajstić information content (AvgIpc) is 2.93. The standard InChI is InChI=1S/C13H14N2O5/c1-18-9-4-3-8(7-10(9)19-2)13-15-14-11(20-13)5-6-12(16)17/h3-4,7H,5-6H2,1-2H3,(H,16,17). The lowest BCUT2D eigenvalue weighted by molar-refractivity contribution is -0.137. The van der Waals surface area contributed by atoms with Gasteiger partial charge in [0.05, 0.1) is 20.6 Å². The molecule has 1 heterocycles. The van der Waals surface area contributed by atoms with Crippen LogP contribution in [0.5, 0.6) is 11.5 Å². The molecule has 0 bridgehead atoms. The summed E-state index contributed by atoms with van der Waals surface area (Å²) in [6.07, 6.45) is 0.156. The third kappa shape index (κ3) is 3.05. The van der Waals surface area contributed by atoms with Crippen molar-refractivity contribution in [2.75, 3.05) is 14.2 Å². The first kappa shape index (κ1) is 13.9. The Labute approximate surface area is 115 Å². The summed E-state index contributed by atoms with van der Waals surface area (Å²) in [5, 5.41) is 16.3. The van der Waals surface area contributed by atoms with E-state index in [2.05, 4.69) is 10.2 Å². The van der Waals surface area contributed by atoms with E-state index in [0.29, 0.717) is 23.0 Å². The minimum atomic E-state index is -0.907. The van der Waals surface area contributed by atoms with E-state index >= 15 is 0 Å². The van der Waals surface area contributed by atoms with Crippen LogP contribution in [0.15, 0.2) is 22.6 Å². The number of hydrogen-bond donors (Lipinski definition) is 1. The molecule has 0 aliphatic rings. The summed E-state index contributed by atoms with van der Waals surface area (Å²) >= 11 is 0. The zero-order valence-electron chi connectivity index (χ0n) is 11.1. The topological polar surface area (TPSA) is 94.7 Å². The maximum atomic E-state index is 10.5. The van der Waals surface area contributed by atoms with Crippen LogP contribution in [0.1, 0.15) is 12.3 Å². The molecule has 1 aromatic heterocycles. The Hall–Kier alpha value is -2.57. The number of ether oxygens (including phenoxy) is 2. The first-order valence-corrected chi connectivity index (χ1v) is 5.90. The molecule has 0 saturated carbocycles. The number of aliphatic carboxylic acids is 1. The molecule has 0 unspecified atom stereocenters. The predicted molar refractivity (Wildman–Crippen MR) is 68.8 cm³/mol. The Balaban J connectivity index is 2.21. The first-order chi connectivity index (χ1) is 9.63. The Morgan fingerprint density at radius 1 is 1.25 bits per heavy atom. The molecule has 7 heteroatoms. The molecule has 1 N–H and O–H groups in total. The van der Waals surface area contributed by atoms with Gasteiger partial charge in [-0.15, -0.1) is 10.2 Å². The van der Waals surface area contributed by atoms with Crippen LogP contribution in [-0.2, 0) is 11.2 Å². The van der Waals surface area contributed by atoms with Crippen molar-refractivity contribution >= 4 is 5.97 Å². The monoisotopic (exact) mass is 278 g/mol. The molecule has 2 aromatic rings. The second-order valence-electron chi connectivity index (χ2n) is 3.96. The fourth-order valence-corrected chi connectivity index (χ4v) is 1.65. The molecule has 0 fully saturated rings. The summed E-state index contributed by atoms with van der Waals surface area (Å²) in [4.78, 5) is 10.5. The number of carboxylic acids is 1. The average molecular weight is 278 g/mol. The molecule has 2 rings (SSSR count). The van der Waals surface area contributed by atoms with Crippen molar-refractivity contribution in [3.63, 3.8) is 0 Å². The minimum Gasteiger partial charge on any atom is -0.493 e. The molecule has 0 spiro atoms. The lowest BCUT2D eigenvalue weighted by atomic mass is 10.2. The van der Waals surface area contributed by atoms with Gasteiger partial charge in [0, 0.05) is 12.0 Å². The van der Waals surface area contributed by atoms with E-state index in [9.17, 15) is 4.79 Å². The highest BCUT2D eigenvalue weighted by atomic mass is 16.5. The molecule has 0 radical (unpaired) electrons. The van der Waals surface area contributed by atoms with Gasteiger partial charge in [0.15, 0.2) is 11.5 Å². The number of nitrogens with zero attached hydrogens (tertiary/aromatic N) is 2. The van der Waals surface area contributed by atoms with E-state index < -0.39 is 5.97 Å². The van der Waals surface area contributed by atoms with Gasteiger partial charge in [-0.3, -0.25) is 4.79 Å². The molecule has 20 heavy (non-hydrogen) atoms. The van der Waals surface area contributed by atoms with E-state index in [1.165, 1.54) is 7.11 Å². The summed E-state index contributed by atoms with van der Waals surface area (Å²) in [5.74, 6) is 0.844. The SMILES string of the molecule is COc1ccc(-c2nnc(CCC(=O)O)o2)cc1OC. The molecular weight excluding hydrogens is 264 g/mol. The van der Waals surface area contributed by atoms with E-state index in [1.807, 2.05) is 0 Å². The third-order valence-corrected chi connectivity index (χ3v) is 2.65. The van der Waals surface area contributed by atoms with Crippen molar-refractivity contribution in [1.82, 2.24) is 10.2 Å². The normalized spacial score (nSPS) is 10.3. The van der Waals surface area contributed by atoms with Crippen LogP contribution in [0.4, 0.5) is 0 Å². The highest BCUT2D eigenvalue weighted by molar-refractivity contribution is 5.66. The summed E-state index contributed by atoms with van der Waals surface area (Å²) in [6.45, 7) is 0. The fraction of sp³-hybridized carbons (Fsp3) is 0.308. The number of rotatable bonds is 6. The van der Waals surface area contributed by atoms with Crippen molar-refractivity contribution < 1.29 is 23.8 Å². The quantitative estimate of drug-likeness (QED) is 0.860. The van der Waals surface area contributed by atoms with Crippen LogP contribution in [0.25, 0.3) is 11.5 Å². The molecule has 106 valence electrons. The predicted octanol–water partition coefficient (Wildman–Crippen LogP) is 1.77. The molecule has 0 amide bonds. The van der Waals surface area contributed by atoms with Crippen LogP contribution in [0.3, 0.4) is 0 Å². The van der Waals surface area contributed by atoms with Crippen molar-refractivity contribution in [2.24, 2.45) is 0 Å². The van der Waals surface area contributed by atoms with Gasteiger partial charge in [-0.05, 0) is 18.2 Å². The molecule has 0 saturated heterocycles. The van der Waals surface area contributed by atoms with Crippen molar-refractivity contribution in [3.8, 4) is 23.0 Å². The highest BCUT2D eigenvalue weighted by Crippen LogP contribution is 2.31. The van der Waals surface area contributed by atoms with Gasteiger partial charge in [0.1, 0.15) is 0 Å². The zero-order chi connectivity index (χ0) is 14.5.